The number of nitrogens with two attached hydrogens (primary N) is 1. The van der Waals surface area contributed by atoms with Gasteiger partial charge in [0.15, 0.2) is 11.5 Å². The topological polar surface area (TPSA) is 61.5 Å². The van der Waals surface area contributed by atoms with Crippen molar-refractivity contribution in [3.63, 3.8) is 0 Å². The Hall–Kier alpha value is -1.62. The van der Waals surface area contributed by atoms with Gasteiger partial charge in [-0.25, -0.2) is 0 Å². The molecule has 0 aliphatic carbocycles. The van der Waals surface area contributed by atoms with E-state index >= 15 is 0 Å². The molecular weight excluding hydrogens is 361 g/mol. The molecule has 2 aromatic rings. The Balaban J connectivity index is 2.29. The Morgan fingerprint density at radius 2 is 1.83 bits per heavy atom. The number of hydrogen-bond donors (Lipinski definition) is 1. The molecule has 0 atom stereocenters. The number of carbonyl (C=O) groups is 1. The van der Waals surface area contributed by atoms with E-state index in [4.69, 9.17) is 50.0 Å². The molecule has 7 heteroatoms. The first-order chi connectivity index (χ1) is 10.9. The number of rotatable bonds is 6. The second-order valence-corrected chi connectivity index (χ2v) is 5.86. The molecule has 23 heavy (non-hydrogen) atoms. The third-order valence-electron chi connectivity index (χ3n) is 2.98. The summed E-state index contributed by atoms with van der Waals surface area (Å²) in [5, 5.41) is 1.26. The van der Waals surface area contributed by atoms with Gasteiger partial charge in [0.2, 0.25) is 5.91 Å². The van der Waals surface area contributed by atoms with Crippen molar-refractivity contribution < 1.29 is 14.3 Å². The molecule has 0 unspecified atom stereocenters. The lowest BCUT2D eigenvalue weighted by Gasteiger charge is -2.15. The number of ether oxygens (including phenoxy) is 2. The lowest BCUT2D eigenvalue weighted by atomic mass is 10.2. The van der Waals surface area contributed by atoms with Crippen LogP contribution in [0, 0.1) is 0 Å². The van der Waals surface area contributed by atoms with Gasteiger partial charge in [-0.3, -0.25) is 4.79 Å². The second kappa shape index (κ2) is 7.77. The van der Waals surface area contributed by atoms with E-state index in [1.807, 2.05) is 6.92 Å². The fourth-order valence-corrected chi connectivity index (χ4v) is 2.63. The van der Waals surface area contributed by atoms with Crippen LogP contribution in [0.2, 0.25) is 15.1 Å². The number of carbonyl (C=O) groups excluding carboxylic acids is 1. The molecule has 2 N–H and O–H groups in total. The molecule has 4 nitrogen and oxygen atoms in total. The van der Waals surface area contributed by atoms with Crippen molar-refractivity contribution >= 4 is 40.7 Å². The highest BCUT2D eigenvalue weighted by atomic mass is 35.5. The van der Waals surface area contributed by atoms with Gasteiger partial charge >= 0.3 is 0 Å². The van der Waals surface area contributed by atoms with E-state index in [1.165, 1.54) is 12.1 Å². The van der Waals surface area contributed by atoms with Crippen molar-refractivity contribution in [1.29, 1.82) is 0 Å². The Kier molecular flexibility index (Phi) is 5.99. The highest BCUT2D eigenvalue weighted by molar-refractivity contribution is 6.35. The van der Waals surface area contributed by atoms with Crippen LogP contribution >= 0.6 is 34.8 Å². The molecule has 0 radical (unpaired) electrons. The molecule has 0 fully saturated rings. The van der Waals surface area contributed by atoms with E-state index in [0.29, 0.717) is 28.2 Å². The summed E-state index contributed by atoms with van der Waals surface area (Å²) in [7, 11) is 0. The Labute approximate surface area is 149 Å². The van der Waals surface area contributed by atoms with Gasteiger partial charge in [0.05, 0.1) is 11.6 Å². The van der Waals surface area contributed by atoms with Crippen molar-refractivity contribution in [3.05, 3.63) is 56.5 Å². The predicted molar refractivity (Wildman–Crippen MR) is 91.9 cm³/mol. The van der Waals surface area contributed by atoms with Crippen LogP contribution in [0.25, 0.3) is 0 Å². The fraction of sp³-hybridized carbons (Fsp3) is 0.188. The zero-order valence-electron chi connectivity index (χ0n) is 12.2. The van der Waals surface area contributed by atoms with Crippen molar-refractivity contribution in [1.82, 2.24) is 0 Å². The lowest BCUT2D eigenvalue weighted by molar-refractivity contribution is 0.0999. The average Bonchev–Trinajstić information content (AvgIpc) is 2.48. The third-order valence-corrected chi connectivity index (χ3v) is 3.85. The Bertz CT molecular complexity index is 735. The molecular formula is C16H14Cl3NO3. The summed E-state index contributed by atoms with van der Waals surface area (Å²) in [4.78, 5) is 11.3. The van der Waals surface area contributed by atoms with Crippen LogP contribution in [0.1, 0.15) is 22.8 Å². The number of halogens is 3. The molecule has 0 heterocycles. The monoisotopic (exact) mass is 373 g/mol. The highest BCUT2D eigenvalue weighted by Crippen LogP contribution is 2.37. The Morgan fingerprint density at radius 3 is 2.43 bits per heavy atom. The van der Waals surface area contributed by atoms with E-state index < -0.39 is 5.91 Å². The van der Waals surface area contributed by atoms with E-state index in [1.54, 1.807) is 18.2 Å². The summed E-state index contributed by atoms with van der Waals surface area (Å²) in [5.41, 5.74) is 6.26. The van der Waals surface area contributed by atoms with Gasteiger partial charge in [-0.15, -0.1) is 0 Å². The van der Waals surface area contributed by atoms with Crippen LogP contribution in [0.3, 0.4) is 0 Å². The summed E-state index contributed by atoms with van der Waals surface area (Å²) in [6, 6.07) is 8.04. The van der Waals surface area contributed by atoms with Crippen LogP contribution in [0.4, 0.5) is 0 Å². The van der Waals surface area contributed by atoms with Gasteiger partial charge in [-0.2, -0.15) is 0 Å². The molecule has 0 aliphatic heterocycles. The maximum Gasteiger partial charge on any atom is 0.248 e. The van der Waals surface area contributed by atoms with E-state index in [9.17, 15) is 4.79 Å². The van der Waals surface area contributed by atoms with Gasteiger partial charge < -0.3 is 15.2 Å². The molecule has 0 aliphatic rings. The molecule has 122 valence electrons. The molecule has 0 spiro atoms. The zero-order valence-corrected chi connectivity index (χ0v) is 14.5. The molecule has 2 aromatic carbocycles. The van der Waals surface area contributed by atoms with Gasteiger partial charge in [-0.1, -0.05) is 40.9 Å². The predicted octanol–water partition coefficient (Wildman–Crippen LogP) is 4.72. The highest BCUT2D eigenvalue weighted by Gasteiger charge is 2.15. The van der Waals surface area contributed by atoms with Crippen molar-refractivity contribution in [2.75, 3.05) is 6.61 Å². The van der Waals surface area contributed by atoms with Crippen LogP contribution in [-0.2, 0) is 6.61 Å². The zero-order chi connectivity index (χ0) is 17.0. The standard InChI is InChI=1S/C16H14Cl3NO3/c1-2-22-14-6-10(16(20)21)5-13(19)15(14)23-8-9-3-4-11(17)7-12(9)18/h3-7H,2,8H2,1H3,(H2,20,21). The van der Waals surface area contributed by atoms with E-state index in [0.717, 1.165) is 5.56 Å². The summed E-state index contributed by atoms with van der Waals surface area (Å²) in [6.07, 6.45) is 0. The molecule has 2 rings (SSSR count). The van der Waals surface area contributed by atoms with Crippen molar-refractivity contribution in [3.8, 4) is 11.5 Å². The molecule has 0 saturated carbocycles. The number of hydrogen-bond acceptors (Lipinski definition) is 3. The minimum Gasteiger partial charge on any atom is -0.490 e. The van der Waals surface area contributed by atoms with Crippen molar-refractivity contribution in [2.24, 2.45) is 5.73 Å². The molecule has 0 bridgehead atoms. The SMILES string of the molecule is CCOc1cc(C(N)=O)cc(Cl)c1OCc1ccc(Cl)cc1Cl. The first-order valence-electron chi connectivity index (χ1n) is 6.75. The van der Waals surface area contributed by atoms with Gasteiger partial charge in [-0.05, 0) is 31.2 Å². The number of amides is 1. The van der Waals surface area contributed by atoms with Gasteiger partial charge in [0.1, 0.15) is 6.61 Å². The largest absolute Gasteiger partial charge is 0.490 e. The summed E-state index contributed by atoms with van der Waals surface area (Å²) < 4.78 is 11.2. The summed E-state index contributed by atoms with van der Waals surface area (Å²) >= 11 is 18.2. The fourth-order valence-electron chi connectivity index (χ4n) is 1.90. The maximum atomic E-state index is 11.3. The van der Waals surface area contributed by atoms with Crippen LogP contribution < -0.4 is 15.2 Å². The Morgan fingerprint density at radius 1 is 1.09 bits per heavy atom. The molecule has 1 amide bonds. The smallest absolute Gasteiger partial charge is 0.248 e. The number of benzene rings is 2. The minimum absolute atomic E-state index is 0.172. The van der Waals surface area contributed by atoms with Gasteiger partial charge in [0, 0.05) is 21.2 Å². The van der Waals surface area contributed by atoms with E-state index in [2.05, 4.69) is 0 Å². The first kappa shape index (κ1) is 17.7. The van der Waals surface area contributed by atoms with Crippen LogP contribution in [0.15, 0.2) is 30.3 Å². The first-order valence-corrected chi connectivity index (χ1v) is 7.88. The minimum atomic E-state index is -0.597. The normalized spacial score (nSPS) is 10.4. The average molecular weight is 375 g/mol. The van der Waals surface area contributed by atoms with E-state index in [-0.39, 0.29) is 17.2 Å². The second-order valence-electron chi connectivity index (χ2n) is 4.61. The third kappa shape index (κ3) is 4.44. The number of primary amides is 1. The van der Waals surface area contributed by atoms with Crippen molar-refractivity contribution in [2.45, 2.75) is 13.5 Å². The van der Waals surface area contributed by atoms with Crippen LogP contribution in [0.5, 0.6) is 11.5 Å². The quantitative estimate of drug-likeness (QED) is 0.795. The lowest BCUT2D eigenvalue weighted by Crippen LogP contribution is -2.11. The summed E-state index contributed by atoms with van der Waals surface area (Å²) in [6.45, 7) is 2.37. The maximum absolute atomic E-state index is 11.3. The summed E-state index contributed by atoms with van der Waals surface area (Å²) in [5.74, 6) is 0.0727. The van der Waals surface area contributed by atoms with Gasteiger partial charge in [0.25, 0.3) is 0 Å². The molecule has 0 aromatic heterocycles. The van der Waals surface area contributed by atoms with Crippen LogP contribution in [-0.4, -0.2) is 12.5 Å². The molecule has 0 saturated heterocycles.